The lowest BCUT2D eigenvalue weighted by Gasteiger charge is -2.33. The van der Waals surface area contributed by atoms with E-state index in [0.717, 1.165) is 41.5 Å². The average molecular weight is 408 g/mol. The van der Waals surface area contributed by atoms with Crippen molar-refractivity contribution in [1.29, 1.82) is 5.26 Å². The minimum Gasteiger partial charge on any atom is -0.489 e. The van der Waals surface area contributed by atoms with E-state index in [9.17, 15) is 0 Å². The molecule has 2 heterocycles. The van der Waals surface area contributed by atoms with Crippen molar-refractivity contribution in [1.82, 2.24) is 4.98 Å². The van der Waals surface area contributed by atoms with Crippen molar-refractivity contribution in [2.24, 2.45) is 5.92 Å². The summed E-state index contributed by atoms with van der Waals surface area (Å²) in [6.45, 7) is 7.08. The zero-order chi connectivity index (χ0) is 19.5. The van der Waals surface area contributed by atoms with Crippen LogP contribution in [-0.2, 0) is 6.61 Å². The lowest BCUT2D eigenvalue weighted by Crippen LogP contribution is -2.34. The van der Waals surface area contributed by atoms with Gasteiger partial charge in [0.2, 0.25) is 0 Å². The van der Waals surface area contributed by atoms with Gasteiger partial charge < -0.3 is 9.64 Å². The number of pyridine rings is 1. The van der Waals surface area contributed by atoms with Gasteiger partial charge in [0, 0.05) is 35.9 Å². The highest BCUT2D eigenvalue weighted by Gasteiger charge is 2.19. The third-order valence-electron chi connectivity index (χ3n) is 5.37. The number of rotatable bonds is 4. The molecule has 1 aromatic heterocycles. The number of halogens is 1. The number of hydrogen-bond donors (Lipinski definition) is 0. The van der Waals surface area contributed by atoms with Crippen LogP contribution in [0, 0.1) is 24.2 Å². The molecule has 0 N–H and O–H groups in total. The maximum Gasteiger partial charge on any atom is 0.122 e. The molecule has 1 atom stereocenters. The molecular weight excluding hydrogens is 382 g/mol. The van der Waals surface area contributed by atoms with Gasteiger partial charge in [-0.3, -0.25) is 4.98 Å². The Morgan fingerprint density at radius 1 is 1.17 bits per heavy atom. The summed E-state index contributed by atoms with van der Waals surface area (Å²) in [5.74, 6) is 1.54. The maximum atomic E-state index is 8.90. The molecule has 150 valence electrons. The number of piperidine rings is 1. The number of fused-ring (bicyclic) bond motifs is 1. The maximum absolute atomic E-state index is 8.90. The molecule has 0 radical (unpaired) electrons. The van der Waals surface area contributed by atoms with E-state index in [2.05, 4.69) is 36.9 Å². The van der Waals surface area contributed by atoms with E-state index >= 15 is 0 Å². The van der Waals surface area contributed by atoms with E-state index in [1.54, 1.807) is 0 Å². The zero-order valence-corrected chi connectivity index (χ0v) is 17.7. The second-order valence-electron chi connectivity index (χ2n) is 7.75. The van der Waals surface area contributed by atoms with Crippen LogP contribution in [0.1, 0.15) is 36.6 Å². The van der Waals surface area contributed by atoms with Crippen LogP contribution >= 0.6 is 12.4 Å². The van der Waals surface area contributed by atoms with Crippen LogP contribution in [0.2, 0.25) is 0 Å². The zero-order valence-electron chi connectivity index (χ0n) is 16.9. The molecule has 4 rings (SSSR count). The minimum absolute atomic E-state index is 0. The molecule has 0 saturated carbocycles. The molecule has 1 fully saturated rings. The highest BCUT2D eigenvalue weighted by Crippen LogP contribution is 2.32. The van der Waals surface area contributed by atoms with Crippen molar-refractivity contribution in [3.63, 3.8) is 0 Å². The van der Waals surface area contributed by atoms with E-state index in [1.807, 2.05) is 36.4 Å². The number of aromatic nitrogens is 1. The third kappa shape index (κ3) is 4.81. The number of aryl methyl sites for hydroxylation is 1. The summed E-state index contributed by atoms with van der Waals surface area (Å²) in [5, 5.41) is 10.1. The summed E-state index contributed by atoms with van der Waals surface area (Å²) in [6.07, 6.45) is 2.56. The molecule has 1 aliphatic rings. The minimum atomic E-state index is 0. The van der Waals surface area contributed by atoms with Gasteiger partial charge in [-0.25, -0.2) is 0 Å². The molecule has 3 aromatic rings. The summed E-state index contributed by atoms with van der Waals surface area (Å²) in [4.78, 5) is 7.25. The molecule has 2 aromatic carbocycles. The summed E-state index contributed by atoms with van der Waals surface area (Å²) < 4.78 is 5.98. The Morgan fingerprint density at radius 2 is 1.97 bits per heavy atom. The van der Waals surface area contributed by atoms with Crippen LogP contribution in [0.5, 0.6) is 5.75 Å². The quantitative estimate of drug-likeness (QED) is 0.560. The summed E-state index contributed by atoms with van der Waals surface area (Å²) in [7, 11) is 0. The fourth-order valence-corrected chi connectivity index (χ4v) is 3.92. The van der Waals surface area contributed by atoms with Gasteiger partial charge in [-0.05, 0) is 61.6 Å². The van der Waals surface area contributed by atoms with E-state index in [-0.39, 0.29) is 12.4 Å². The molecule has 0 aliphatic carbocycles. The smallest absolute Gasteiger partial charge is 0.122 e. The first-order valence-electron chi connectivity index (χ1n) is 9.90. The summed E-state index contributed by atoms with van der Waals surface area (Å²) in [5.41, 5.74) is 5.00. The summed E-state index contributed by atoms with van der Waals surface area (Å²) >= 11 is 0. The predicted molar refractivity (Wildman–Crippen MR) is 120 cm³/mol. The van der Waals surface area contributed by atoms with Gasteiger partial charge in [0.25, 0.3) is 0 Å². The number of benzene rings is 2. The van der Waals surface area contributed by atoms with Crippen LogP contribution in [-0.4, -0.2) is 18.1 Å². The Kier molecular flexibility index (Phi) is 6.61. The first-order chi connectivity index (χ1) is 13.6. The fraction of sp³-hybridized carbons (Fsp3) is 0.333. The Bertz CT molecular complexity index is 1030. The topological polar surface area (TPSA) is 49.1 Å². The number of nitriles is 1. The van der Waals surface area contributed by atoms with Crippen molar-refractivity contribution in [3.8, 4) is 11.8 Å². The SMILES string of the molecule is Cc1cc(N2CCCC(C)C2)c2ccc(OCc3ccc(C#N)cc3)cc2n1.Cl. The highest BCUT2D eigenvalue weighted by atomic mass is 35.5. The molecule has 1 unspecified atom stereocenters. The van der Waals surface area contributed by atoms with Crippen LogP contribution in [0.3, 0.4) is 0 Å². The molecule has 4 nitrogen and oxygen atoms in total. The van der Waals surface area contributed by atoms with Gasteiger partial charge in [0.05, 0.1) is 17.1 Å². The van der Waals surface area contributed by atoms with E-state index in [0.29, 0.717) is 12.2 Å². The molecule has 1 aliphatic heterocycles. The van der Waals surface area contributed by atoms with Crippen molar-refractivity contribution >= 4 is 29.0 Å². The highest BCUT2D eigenvalue weighted by molar-refractivity contribution is 5.93. The largest absolute Gasteiger partial charge is 0.489 e. The average Bonchev–Trinajstić information content (AvgIpc) is 2.71. The Balaban J connectivity index is 0.00000240. The number of ether oxygens (including phenoxy) is 1. The van der Waals surface area contributed by atoms with E-state index < -0.39 is 0 Å². The second-order valence-corrected chi connectivity index (χ2v) is 7.75. The summed E-state index contributed by atoms with van der Waals surface area (Å²) in [6, 6.07) is 18.0. The van der Waals surface area contributed by atoms with Crippen LogP contribution in [0.15, 0.2) is 48.5 Å². The van der Waals surface area contributed by atoms with Crippen molar-refractivity contribution in [3.05, 3.63) is 65.4 Å². The van der Waals surface area contributed by atoms with Crippen LogP contribution in [0.4, 0.5) is 5.69 Å². The Labute approximate surface area is 178 Å². The van der Waals surface area contributed by atoms with E-state index in [4.69, 9.17) is 15.0 Å². The fourth-order valence-electron chi connectivity index (χ4n) is 3.92. The lowest BCUT2D eigenvalue weighted by atomic mass is 9.99. The van der Waals surface area contributed by atoms with Gasteiger partial charge >= 0.3 is 0 Å². The molecule has 0 bridgehead atoms. The van der Waals surface area contributed by atoms with Gasteiger partial charge in [-0.15, -0.1) is 12.4 Å². The predicted octanol–water partition coefficient (Wildman–Crippen LogP) is 5.65. The first-order valence-corrected chi connectivity index (χ1v) is 9.90. The number of anilines is 1. The third-order valence-corrected chi connectivity index (χ3v) is 5.37. The van der Waals surface area contributed by atoms with Crippen molar-refractivity contribution in [2.45, 2.75) is 33.3 Å². The van der Waals surface area contributed by atoms with Crippen LogP contribution in [0.25, 0.3) is 10.9 Å². The van der Waals surface area contributed by atoms with Gasteiger partial charge in [-0.2, -0.15) is 5.26 Å². The van der Waals surface area contributed by atoms with Gasteiger partial charge in [0.15, 0.2) is 0 Å². The van der Waals surface area contributed by atoms with E-state index in [1.165, 1.54) is 23.9 Å². The second kappa shape index (κ2) is 9.15. The molecular formula is C24H26ClN3O. The lowest BCUT2D eigenvalue weighted by molar-refractivity contribution is 0.306. The monoisotopic (exact) mass is 407 g/mol. The molecule has 5 heteroatoms. The number of hydrogen-bond acceptors (Lipinski definition) is 4. The molecule has 1 saturated heterocycles. The number of nitrogens with zero attached hydrogens (tertiary/aromatic N) is 3. The normalized spacial score (nSPS) is 16.2. The Morgan fingerprint density at radius 3 is 2.69 bits per heavy atom. The van der Waals surface area contributed by atoms with Crippen molar-refractivity contribution < 1.29 is 4.74 Å². The van der Waals surface area contributed by atoms with Gasteiger partial charge in [0.1, 0.15) is 12.4 Å². The van der Waals surface area contributed by atoms with Crippen LogP contribution < -0.4 is 9.64 Å². The Hall–Kier alpha value is -2.77. The first kappa shape index (κ1) is 21.0. The van der Waals surface area contributed by atoms with Gasteiger partial charge in [-0.1, -0.05) is 19.1 Å². The molecule has 0 spiro atoms. The van der Waals surface area contributed by atoms with Crippen molar-refractivity contribution in [2.75, 3.05) is 18.0 Å². The standard InChI is InChI=1S/C24H25N3O.ClH/c1-17-4-3-11-27(15-17)24-12-18(2)26-23-13-21(9-10-22(23)24)28-16-20-7-5-19(14-25)6-8-20;/h5-10,12-13,17H,3-4,11,15-16H2,1-2H3;1H. The molecule has 0 amide bonds. The molecule has 29 heavy (non-hydrogen) atoms.